The first-order valence-electron chi connectivity index (χ1n) is 8.28. The van der Waals surface area contributed by atoms with E-state index in [-0.39, 0.29) is 42.2 Å². The number of ether oxygens (including phenoxy) is 2. The monoisotopic (exact) mass is 354 g/mol. The molecule has 7 heteroatoms. The maximum atomic E-state index is 12.3. The Morgan fingerprint density at radius 1 is 1.25 bits per heavy atom. The molecule has 1 aromatic rings. The molecule has 2 fully saturated rings. The molecule has 1 aliphatic carbocycles. The molecule has 6 nitrogen and oxygen atoms in total. The molecule has 2 aliphatic heterocycles. The fraction of sp³-hybridized carbons (Fsp3) is 0.588. The van der Waals surface area contributed by atoms with E-state index in [1.165, 1.54) is 0 Å². The van der Waals surface area contributed by atoms with Crippen molar-refractivity contribution in [3.05, 3.63) is 23.8 Å². The quantitative estimate of drug-likeness (QED) is 0.741. The fourth-order valence-electron chi connectivity index (χ4n) is 3.43. The van der Waals surface area contributed by atoms with E-state index in [4.69, 9.17) is 9.47 Å². The molecule has 2 heterocycles. The number of nitrogens with one attached hydrogen (secondary N) is 2. The van der Waals surface area contributed by atoms with E-state index in [1.54, 1.807) is 0 Å². The molecule has 0 bridgehead atoms. The number of benzene rings is 1. The van der Waals surface area contributed by atoms with E-state index in [1.807, 2.05) is 18.2 Å². The van der Waals surface area contributed by atoms with E-state index < -0.39 is 0 Å². The third-order valence-electron chi connectivity index (χ3n) is 4.96. The van der Waals surface area contributed by atoms with Crippen molar-refractivity contribution in [1.82, 2.24) is 10.6 Å². The van der Waals surface area contributed by atoms with Gasteiger partial charge in [-0.25, -0.2) is 0 Å². The van der Waals surface area contributed by atoms with Gasteiger partial charge in [-0.15, -0.1) is 12.4 Å². The Bertz CT molecular complexity index is 612. The molecule has 4 atom stereocenters. The molecule has 0 spiro atoms. The van der Waals surface area contributed by atoms with Crippen molar-refractivity contribution in [3.63, 3.8) is 0 Å². The van der Waals surface area contributed by atoms with Gasteiger partial charge in [-0.1, -0.05) is 6.07 Å². The van der Waals surface area contributed by atoms with Gasteiger partial charge in [-0.05, 0) is 30.0 Å². The van der Waals surface area contributed by atoms with E-state index in [9.17, 15) is 9.90 Å². The fourth-order valence-corrected chi connectivity index (χ4v) is 3.43. The van der Waals surface area contributed by atoms with Crippen LogP contribution in [-0.4, -0.2) is 50.0 Å². The van der Waals surface area contributed by atoms with Crippen LogP contribution in [0.5, 0.6) is 11.5 Å². The van der Waals surface area contributed by atoms with Gasteiger partial charge in [0.2, 0.25) is 5.91 Å². The van der Waals surface area contributed by atoms with Crippen LogP contribution in [0, 0.1) is 11.8 Å². The molecule has 1 aromatic carbocycles. The van der Waals surface area contributed by atoms with Gasteiger partial charge in [0, 0.05) is 31.5 Å². The van der Waals surface area contributed by atoms with Crippen molar-refractivity contribution in [1.29, 1.82) is 0 Å². The summed E-state index contributed by atoms with van der Waals surface area (Å²) >= 11 is 0. The molecule has 24 heavy (non-hydrogen) atoms. The number of rotatable bonds is 4. The largest absolute Gasteiger partial charge is 0.486 e. The van der Waals surface area contributed by atoms with Crippen LogP contribution in [0.15, 0.2) is 18.2 Å². The standard InChI is InChI=1S/C17H22N2O4.ClH/c20-14-9-18-7-11(14)8-19-17(21)13-6-12(13)10-1-2-15-16(5-10)23-4-3-22-15;/h1-2,5,11-14,18,20H,3-4,6-9H2,(H,19,21);1H. The van der Waals surface area contributed by atoms with Gasteiger partial charge in [0.25, 0.3) is 0 Å². The minimum Gasteiger partial charge on any atom is -0.486 e. The van der Waals surface area contributed by atoms with Gasteiger partial charge in [0.15, 0.2) is 11.5 Å². The van der Waals surface area contributed by atoms with Crippen LogP contribution in [0.2, 0.25) is 0 Å². The Morgan fingerprint density at radius 3 is 2.79 bits per heavy atom. The normalized spacial score (nSPS) is 30.4. The third kappa shape index (κ3) is 3.45. The van der Waals surface area contributed by atoms with Crippen LogP contribution in [0.25, 0.3) is 0 Å². The summed E-state index contributed by atoms with van der Waals surface area (Å²) in [4.78, 5) is 12.3. The van der Waals surface area contributed by atoms with Crippen LogP contribution in [0.1, 0.15) is 17.9 Å². The number of aliphatic hydroxyl groups excluding tert-OH is 1. The first-order valence-corrected chi connectivity index (χ1v) is 8.28. The van der Waals surface area contributed by atoms with Crippen molar-refractivity contribution >= 4 is 18.3 Å². The number of aliphatic hydroxyl groups is 1. The summed E-state index contributed by atoms with van der Waals surface area (Å²) in [5.74, 6) is 2.06. The Hall–Kier alpha value is -1.50. The summed E-state index contributed by atoms with van der Waals surface area (Å²) in [5, 5.41) is 15.9. The lowest BCUT2D eigenvalue weighted by Crippen LogP contribution is -2.35. The average molecular weight is 355 g/mol. The SMILES string of the molecule is Cl.O=C(NCC1CNCC1O)C1CC1c1ccc2c(c1)OCCO2. The number of carbonyl (C=O) groups is 1. The van der Waals surface area contributed by atoms with Crippen molar-refractivity contribution in [2.24, 2.45) is 11.8 Å². The molecule has 4 unspecified atom stereocenters. The number of halogens is 1. The summed E-state index contributed by atoms with van der Waals surface area (Å²) < 4.78 is 11.1. The molecular formula is C17H23ClN2O4. The molecule has 4 rings (SSSR count). The lowest BCUT2D eigenvalue weighted by molar-refractivity contribution is -0.122. The molecule has 1 amide bonds. The first kappa shape index (κ1) is 17.3. The molecule has 0 radical (unpaired) electrons. The Labute approximate surface area is 147 Å². The van der Waals surface area contributed by atoms with E-state index >= 15 is 0 Å². The number of fused-ring (bicyclic) bond motifs is 1. The van der Waals surface area contributed by atoms with Crippen LogP contribution >= 0.6 is 12.4 Å². The number of hydrogen-bond acceptors (Lipinski definition) is 5. The molecule has 1 saturated carbocycles. The number of β-amino-alcohol motifs (C(OH)–C–C–N with tert-alkyl or cyclic N) is 1. The third-order valence-corrected chi connectivity index (χ3v) is 4.96. The average Bonchev–Trinajstić information content (AvgIpc) is 3.28. The molecule has 0 aromatic heterocycles. The first-order chi connectivity index (χ1) is 11.2. The number of amides is 1. The minimum absolute atomic E-state index is 0. The Balaban J connectivity index is 0.00000169. The van der Waals surface area contributed by atoms with Gasteiger partial charge in [0.05, 0.1) is 6.10 Å². The van der Waals surface area contributed by atoms with Crippen LogP contribution < -0.4 is 20.1 Å². The van der Waals surface area contributed by atoms with Crippen molar-refractivity contribution in [3.8, 4) is 11.5 Å². The van der Waals surface area contributed by atoms with Gasteiger partial charge >= 0.3 is 0 Å². The van der Waals surface area contributed by atoms with Crippen molar-refractivity contribution in [2.45, 2.75) is 18.4 Å². The maximum absolute atomic E-state index is 12.3. The summed E-state index contributed by atoms with van der Waals surface area (Å²) in [5.41, 5.74) is 1.14. The number of carbonyl (C=O) groups excluding carboxylic acids is 1. The van der Waals surface area contributed by atoms with E-state index in [0.29, 0.717) is 26.3 Å². The van der Waals surface area contributed by atoms with Crippen molar-refractivity contribution < 1.29 is 19.4 Å². The molecule has 3 N–H and O–H groups in total. The molecular weight excluding hydrogens is 332 g/mol. The van der Waals surface area contributed by atoms with E-state index in [2.05, 4.69) is 10.6 Å². The second kappa shape index (κ2) is 7.17. The lowest BCUT2D eigenvalue weighted by atomic mass is 10.1. The van der Waals surface area contributed by atoms with E-state index in [0.717, 1.165) is 30.0 Å². The molecule has 3 aliphatic rings. The zero-order valence-electron chi connectivity index (χ0n) is 13.4. The highest BCUT2D eigenvalue weighted by atomic mass is 35.5. The van der Waals surface area contributed by atoms with Gasteiger partial charge < -0.3 is 25.2 Å². The summed E-state index contributed by atoms with van der Waals surface area (Å²) in [6.07, 6.45) is 0.514. The van der Waals surface area contributed by atoms with Crippen LogP contribution in [0.3, 0.4) is 0 Å². The van der Waals surface area contributed by atoms with Gasteiger partial charge in [-0.3, -0.25) is 4.79 Å². The minimum atomic E-state index is -0.358. The van der Waals surface area contributed by atoms with Crippen molar-refractivity contribution in [2.75, 3.05) is 32.8 Å². The summed E-state index contributed by atoms with van der Waals surface area (Å²) in [6.45, 7) is 3.07. The summed E-state index contributed by atoms with van der Waals surface area (Å²) in [6, 6.07) is 5.95. The highest BCUT2D eigenvalue weighted by Gasteiger charge is 2.44. The Kier molecular flexibility index (Phi) is 5.18. The van der Waals surface area contributed by atoms with Crippen LogP contribution in [0.4, 0.5) is 0 Å². The zero-order chi connectivity index (χ0) is 15.8. The van der Waals surface area contributed by atoms with Gasteiger partial charge in [0.1, 0.15) is 13.2 Å². The highest BCUT2D eigenvalue weighted by molar-refractivity contribution is 5.85. The molecule has 132 valence electrons. The van der Waals surface area contributed by atoms with Crippen LogP contribution in [-0.2, 0) is 4.79 Å². The maximum Gasteiger partial charge on any atom is 0.223 e. The zero-order valence-corrected chi connectivity index (χ0v) is 14.2. The van der Waals surface area contributed by atoms with Gasteiger partial charge in [-0.2, -0.15) is 0 Å². The smallest absolute Gasteiger partial charge is 0.223 e. The highest BCUT2D eigenvalue weighted by Crippen LogP contribution is 2.49. The second-order valence-corrected chi connectivity index (χ2v) is 6.58. The predicted octanol–water partition coefficient (Wildman–Crippen LogP) is 0.680. The number of hydrogen-bond donors (Lipinski definition) is 3. The molecule has 1 saturated heterocycles. The second-order valence-electron chi connectivity index (χ2n) is 6.58. The predicted molar refractivity (Wildman–Crippen MR) is 90.9 cm³/mol. The lowest BCUT2D eigenvalue weighted by Gasteiger charge is -2.19. The topological polar surface area (TPSA) is 79.8 Å². The summed E-state index contributed by atoms with van der Waals surface area (Å²) in [7, 11) is 0. The Morgan fingerprint density at radius 2 is 2.04 bits per heavy atom.